The number of carbonyl (C=O) groups excluding carboxylic acids is 1. The zero-order valence-corrected chi connectivity index (χ0v) is 16.9. The van der Waals surface area contributed by atoms with E-state index in [0.717, 1.165) is 31.7 Å². The first-order valence-corrected chi connectivity index (χ1v) is 9.67. The summed E-state index contributed by atoms with van der Waals surface area (Å²) in [6.45, 7) is 11.0. The fourth-order valence-electron chi connectivity index (χ4n) is 3.21. The van der Waals surface area contributed by atoms with E-state index in [1.54, 1.807) is 17.1 Å². The molecule has 27 heavy (non-hydrogen) atoms. The van der Waals surface area contributed by atoms with Gasteiger partial charge in [0.05, 0.1) is 5.56 Å². The summed E-state index contributed by atoms with van der Waals surface area (Å²) in [5.74, 6) is 0.608. The first-order chi connectivity index (χ1) is 12.8. The number of quaternary nitrogens is 2. The summed E-state index contributed by atoms with van der Waals surface area (Å²) in [4.78, 5) is 19.3. The minimum atomic E-state index is -0.182. The third kappa shape index (κ3) is 5.69. The predicted molar refractivity (Wildman–Crippen MR) is 103 cm³/mol. The molecule has 2 aromatic rings. The van der Waals surface area contributed by atoms with Gasteiger partial charge >= 0.3 is 0 Å². The Kier molecular flexibility index (Phi) is 6.03. The van der Waals surface area contributed by atoms with Crippen molar-refractivity contribution in [2.24, 2.45) is 0 Å². The number of nitrogens with zero attached hydrogens (tertiary/aromatic N) is 3. The molecular formula is C18H28N6O2S+2. The maximum atomic E-state index is 12.1. The number of amides is 1. The Morgan fingerprint density at radius 3 is 2.63 bits per heavy atom. The van der Waals surface area contributed by atoms with Crippen LogP contribution in [0.3, 0.4) is 0 Å². The standard InChI is InChI=1S/C18H26N6O2S/c1-18(2,3)20-15(25)12-22-7-9-23(10-8-22)13-24-17(27)26-16(21-24)14-5-4-6-19-11-14/h4-6,11H,7-10,12-13H2,1-3H3,(H,20,25)/p+2. The summed E-state index contributed by atoms with van der Waals surface area (Å²) >= 11 is 5.31. The Bertz CT molecular complexity index is 818. The SMILES string of the molecule is CC(C)(C)NC(=O)C[NH+]1CC[NH+](Cn2nc(-c3cccnc3)oc2=S)CC1. The molecule has 2 aromatic heterocycles. The topological polar surface area (TPSA) is 81.8 Å². The van der Waals surface area contributed by atoms with E-state index < -0.39 is 0 Å². The maximum absolute atomic E-state index is 12.1. The highest BCUT2D eigenvalue weighted by atomic mass is 32.1. The molecule has 3 heterocycles. The average molecular weight is 393 g/mol. The summed E-state index contributed by atoms with van der Waals surface area (Å²) in [5, 5.41) is 7.53. The first kappa shape index (κ1) is 19.7. The van der Waals surface area contributed by atoms with Gasteiger partial charge < -0.3 is 19.5 Å². The molecule has 1 aliphatic rings. The molecule has 0 saturated carbocycles. The third-order valence-electron chi connectivity index (χ3n) is 4.48. The summed E-state index contributed by atoms with van der Waals surface area (Å²) in [7, 11) is 0. The Labute approximate surface area is 164 Å². The first-order valence-electron chi connectivity index (χ1n) is 9.27. The molecule has 1 aliphatic heterocycles. The second-order valence-electron chi connectivity index (χ2n) is 8.05. The Morgan fingerprint density at radius 1 is 1.30 bits per heavy atom. The van der Waals surface area contributed by atoms with Crippen LogP contribution in [-0.4, -0.2) is 58.9 Å². The Hall–Kier alpha value is -2.10. The van der Waals surface area contributed by atoms with Gasteiger partial charge in [-0.3, -0.25) is 9.78 Å². The monoisotopic (exact) mass is 392 g/mol. The number of carbonyl (C=O) groups is 1. The van der Waals surface area contributed by atoms with Crippen LogP contribution in [0.5, 0.6) is 0 Å². The maximum Gasteiger partial charge on any atom is 0.292 e. The van der Waals surface area contributed by atoms with E-state index in [9.17, 15) is 4.79 Å². The molecule has 8 nitrogen and oxygen atoms in total. The fraction of sp³-hybridized carbons (Fsp3) is 0.556. The van der Waals surface area contributed by atoms with Gasteiger partial charge in [0.1, 0.15) is 26.2 Å². The van der Waals surface area contributed by atoms with E-state index in [0.29, 0.717) is 23.9 Å². The highest BCUT2D eigenvalue weighted by molar-refractivity contribution is 7.71. The Morgan fingerprint density at radius 2 is 2.00 bits per heavy atom. The molecule has 0 aromatic carbocycles. The summed E-state index contributed by atoms with van der Waals surface area (Å²) in [5.41, 5.74) is 0.635. The van der Waals surface area contributed by atoms with Crippen molar-refractivity contribution in [3.05, 3.63) is 29.4 Å². The molecule has 1 fully saturated rings. The fourth-order valence-corrected chi connectivity index (χ4v) is 3.39. The van der Waals surface area contributed by atoms with Crippen molar-refractivity contribution in [2.45, 2.75) is 33.0 Å². The normalized spacial score (nSPS) is 20.4. The van der Waals surface area contributed by atoms with E-state index in [2.05, 4.69) is 15.4 Å². The zero-order valence-electron chi connectivity index (χ0n) is 16.1. The molecule has 0 spiro atoms. The molecule has 3 N–H and O–H groups in total. The predicted octanol–water partition coefficient (Wildman–Crippen LogP) is -1.08. The molecule has 0 atom stereocenters. The molecule has 0 bridgehead atoms. The van der Waals surface area contributed by atoms with Gasteiger partial charge in [0.2, 0.25) is 5.89 Å². The van der Waals surface area contributed by atoms with Crippen molar-refractivity contribution in [1.82, 2.24) is 20.1 Å². The van der Waals surface area contributed by atoms with E-state index in [4.69, 9.17) is 16.6 Å². The molecule has 0 radical (unpaired) electrons. The lowest BCUT2D eigenvalue weighted by Gasteiger charge is -2.30. The summed E-state index contributed by atoms with van der Waals surface area (Å²) in [6, 6.07) is 3.74. The Balaban J connectivity index is 1.52. The highest BCUT2D eigenvalue weighted by Gasteiger charge is 2.26. The van der Waals surface area contributed by atoms with Crippen LogP contribution in [0, 0.1) is 4.84 Å². The van der Waals surface area contributed by atoms with Crippen LogP contribution in [0.1, 0.15) is 20.8 Å². The van der Waals surface area contributed by atoms with Crippen LogP contribution < -0.4 is 15.1 Å². The van der Waals surface area contributed by atoms with E-state index in [-0.39, 0.29) is 11.4 Å². The number of hydrogen-bond acceptors (Lipinski definition) is 5. The number of pyridine rings is 1. The highest BCUT2D eigenvalue weighted by Crippen LogP contribution is 2.15. The number of hydrogen-bond donors (Lipinski definition) is 3. The van der Waals surface area contributed by atoms with Gasteiger partial charge in [0.15, 0.2) is 13.2 Å². The van der Waals surface area contributed by atoms with Crippen molar-refractivity contribution in [1.29, 1.82) is 0 Å². The number of aromatic nitrogens is 3. The lowest BCUT2D eigenvalue weighted by molar-refractivity contribution is -1.02. The van der Waals surface area contributed by atoms with Crippen molar-refractivity contribution < 1.29 is 19.0 Å². The average Bonchev–Trinajstić information content (AvgIpc) is 2.96. The van der Waals surface area contributed by atoms with Crippen LogP contribution in [0.2, 0.25) is 0 Å². The summed E-state index contributed by atoms with van der Waals surface area (Å²) < 4.78 is 7.36. The van der Waals surface area contributed by atoms with Crippen LogP contribution in [0.4, 0.5) is 0 Å². The quantitative estimate of drug-likeness (QED) is 0.564. The van der Waals surface area contributed by atoms with E-state index in [1.165, 1.54) is 9.80 Å². The van der Waals surface area contributed by atoms with E-state index >= 15 is 0 Å². The zero-order chi connectivity index (χ0) is 19.4. The number of rotatable bonds is 5. The molecule has 0 unspecified atom stereocenters. The lowest BCUT2D eigenvalue weighted by atomic mass is 10.1. The number of nitrogens with one attached hydrogen (secondary N) is 3. The minimum Gasteiger partial charge on any atom is -0.409 e. The molecule has 1 amide bonds. The van der Waals surface area contributed by atoms with Gasteiger partial charge in [0, 0.05) is 17.9 Å². The lowest BCUT2D eigenvalue weighted by Crippen LogP contribution is -3.28. The summed E-state index contributed by atoms with van der Waals surface area (Å²) in [6.07, 6.45) is 3.42. The molecule has 1 saturated heterocycles. The largest absolute Gasteiger partial charge is 0.409 e. The molecule has 0 aliphatic carbocycles. The van der Waals surface area contributed by atoms with Gasteiger partial charge in [-0.2, -0.15) is 4.68 Å². The van der Waals surface area contributed by atoms with Crippen molar-refractivity contribution >= 4 is 18.1 Å². The third-order valence-corrected chi connectivity index (χ3v) is 4.77. The second kappa shape index (κ2) is 8.28. The van der Waals surface area contributed by atoms with Gasteiger partial charge in [-0.15, -0.1) is 5.10 Å². The second-order valence-corrected chi connectivity index (χ2v) is 8.40. The molecular weight excluding hydrogens is 364 g/mol. The van der Waals surface area contributed by atoms with Gasteiger partial charge in [-0.05, 0) is 45.1 Å². The van der Waals surface area contributed by atoms with Crippen molar-refractivity contribution in [3.63, 3.8) is 0 Å². The van der Waals surface area contributed by atoms with Gasteiger partial charge in [-0.1, -0.05) is 0 Å². The molecule has 9 heteroatoms. The smallest absolute Gasteiger partial charge is 0.292 e. The molecule has 146 valence electrons. The number of piperazine rings is 1. The van der Waals surface area contributed by atoms with Crippen LogP contribution in [0.25, 0.3) is 11.5 Å². The van der Waals surface area contributed by atoms with Gasteiger partial charge in [0.25, 0.3) is 10.7 Å². The van der Waals surface area contributed by atoms with Crippen LogP contribution >= 0.6 is 12.2 Å². The van der Waals surface area contributed by atoms with Crippen LogP contribution in [0.15, 0.2) is 28.9 Å². The van der Waals surface area contributed by atoms with Crippen molar-refractivity contribution in [2.75, 3.05) is 32.7 Å². The molecule has 3 rings (SSSR count). The minimum absolute atomic E-state index is 0.112. The van der Waals surface area contributed by atoms with Crippen molar-refractivity contribution in [3.8, 4) is 11.5 Å². The van der Waals surface area contributed by atoms with Crippen LogP contribution in [-0.2, 0) is 11.5 Å². The van der Waals surface area contributed by atoms with E-state index in [1.807, 2.05) is 32.9 Å². The van der Waals surface area contributed by atoms with Gasteiger partial charge in [-0.25, -0.2) is 0 Å².